The molecule has 0 saturated carbocycles. The third-order valence-corrected chi connectivity index (χ3v) is 3.96. The summed E-state index contributed by atoms with van der Waals surface area (Å²) in [6, 6.07) is 0. The molecule has 4 nitrogen and oxygen atoms in total. The van der Waals surface area contributed by atoms with Crippen LogP contribution in [-0.4, -0.2) is 22.6 Å². The maximum absolute atomic E-state index is 14.5. The number of rotatable bonds is 5. The summed E-state index contributed by atoms with van der Waals surface area (Å²) >= 11 is 0. The van der Waals surface area contributed by atoms with E-state index in [-0.39, 0.29) is 13.1 Å². The van der Waals surface area contributed by atoms with Crippen molar-refractivity contribution in [2.24, 2.45) is 5.73 Å². The zero-order valence-electron chi connectivity index (χ0n) is 14.1. The van der Waals surface area contributed by atoms with Crippen molar-refractivity contribution in [3.05, 3.63) is 65.3 Å². The van der Waals surface area contributed by atoms with Crippen molar-refractivity contribution < 1.29 is 35.1 Å². The summed E-state index contributed by atoms with van der Waals surface area (Å²) in [5.74, 6) is -17.2. The fourth-order valence-corrected chi connectivity index (χ4v) is 2.66. The first-order valence-electron chi connectivity index (χ1n) is 7.86. The molecular weight excluding hydrogens is 412 g/mol. The molecule has 3 rings (SSSR count). The molecule has 0 bridgehead atoms. The summed E-state index contributed by atoms with van der Waals surface area (Å²) in [5, 5.41) is 1.97. The number of benzene rings is 2. The summed E-state index contributed by atoms with van der Waals surface area (Å²) in [5.41, 5.74) is -1.33. The molecule has 3 N–H and O–H groups in total. The molecule has 0 amide bonds. The summed E-state index contributed by atoms with van der Waals surface area (Å²) < 4.78 is 115. The van der Waals surface area contributed by atoms with E-state index in [0.29, 0.717) is 4.57 Å². The van der Waals surface area contributed by atoms with E-state index in [9.17, 15) is 35.1 Å². The quantitative estimate of drug-likeness (QED) is 0.483. The average molecular weight is 422 g/mol. The van der Waals surface area contributed by atoms with Crippen molar-refractivity contribution in [1.29, 1.82) is 0 Å². The first-order valence-corrected chi connectivity index (χ1v) is 7.86. The molecule has 3 aromatic rings. The monoisotopic (exact) mass is 422 g/mol. The number of nitrogens with zero attached hydrogens (tertiary/aromatic N) is 2. The molecule has 1 aromatic heterocycles. The van der Waals surface area contributed by atoms with Gasteiger partial charge in [0.2, 0.25) is 0 Å². The lowest BCUT2D eigenvalue weighted by Gasteiger charge is -2.16. The Kier molecular flexibility index (Phi) is 5.46. The van der Waals surface area contributed by atoms with E-state index in [0.717, 1.165) is 18.7 Å². The zero-order valence-corrected chi connectivity index (χ0v) is 14.1. The lowest BCUT2D eigenvalue weighted by molar-refractivity contribution is 0.440. The van der Waals surface area contributed by atoms with Crippen molar-refractivity contribution in [1.82, 2.24) is 9.55 Å². The van der Waals surface area contributed by atoms with E-state index in [2.05, 4.69) is 4.98 Å². The van der Waals surface area contributed by atoms with Gasteiger partial charge in [-0.05, 0) is 0 Å². The van der Waals surface area contributed by atoms with Gasteiger partial charge in [-0.2, -0.15) is 0 Å². The van der Waals surface area contributed by atoms with Gasteiger partial charge >= 0.3 is 0 Å². The van der Waals surface area contributed by atoms with E-state index in [1.165, 1.54) is 0 Å². The molecule has 154 valence electrons. The van der Waals surface area contributed by atoms with Crippen LogP contribution in [0, 0.1) is 46.5 Å². The molecule has 1 heterocycles. The van der Waals surface area contributed by atoms with Gasteiger partial charge in [0.15, 0.2) is 46.5 Å². The minimum Gasteiger partial charge on any atom is -0.379 e. The van der Waals surface area contributed by atoms with E-state index >= 15 is 0 Å². The molecule has 0 aliphatic heterocycles. The van der Waals surface area contributed by atoms with Gasteiger partial charge in [-0.1, -0.05) is 0 Å². The number of hydrogen-bond donors (Lipinski definition) is 2. The average Bonchev–Trinajstić information content (AvgIpc) is 3.22. The van der Waals surface area contributed by atoms with Crippen LogP contribution in [0.2, 0.25) is 0 Å². The van der Waals surface area contributed by atoms with Gasteiger partial charge in [0, 0.05) is 25.5 Å². The highest BCUT2D eigenvalue weighted by Crippen LogP contribution is 2.40. The Balaban J connectivity index is 2.33. The molecule has 29 heavy (non-hydrogen) atoms. The minimum atomic E-state index is -2.26. The first-order chi connectivity index (χ1) is 13.7. The van der Waals surface area contributed by atoms with Crippen LogP contribution in [0.5, 0.6) is 0 Å². The molecule has 0 aliphatic rings. The molecule has 0 fully saturated rings. The largest absolute Gasteiger partial charge is 0.379 e. The number of anilines is 1. The zero-order chi connectivity index (χ0) is 21.5. The lowest BCUT2D eigenvalue weighted by Crippen LogP contribution is -2.17. The van der Waals surface area contributed by atoms with E-state index in [1.54, 1.807) is 0 Å². The number of aromatic nitrogens is 2. The molecule has 0 saturated heterocycles. The number of hydrogen-bond acceptors (Lipinski definition) is 3. The Morgan fingerprint density at radius 3 is 1.66 bits per heavy atom. The molecule has 0 atom stereocenters. The predicted octanol–water partition coefficient (Wildman–Crippen LogP) is 4.02. The van der Waals surface area contributed by atoms with Gasteiger partial charge in [-0.15, -0.1) is 0 Å². The standard InChI is InChI=1S/C17H10F8N4/c18-8-6(9(19)13(23)16(12(8)22)28-2-1-26)7-10(20)14(24)17(15(25)11(7)21)29-4-3-27-5-29/h3-5,28H,1-2,26H2. The van der Waals surface area contributed by atoms with Crippen LogP contribution in [0.25, 0.3) is 16.8 Å². The molecule has 0 unspecified atom stereocenters. The Morgan fingerprint density at radius 1 is 0.759 bits per heavy atom. The fraction of sp³-hybridized carbons (Fsp3) is 0.118. The smallest absolute Gasteiger partial charge is 0.186 e. The van der Waals surface area contributed by atoms with Gasteiger partial charge in [0.25, 0.3) is 0 Å². The van der Waals surface area contributed by atoms with Gasteiger partial charge in [-0.25, -0.2) is 40.1 Å². The second-order valence-corrected chi connectivity index (χ2v) is 5.67. The second-order valence-electron chi connectivity index (χ2n) is 5.67. The third kappa shape index (κ3) is 3.18. The number of halogens is 8. The van der Waals surface area contributed by atoms with Crippen LogP contribution >= 0.6 is 0 Å². The highest BCUT2D eigenvalue weighted by molar-refractivity contribution is 5.71. The number of nitrogens with one attached hydrogen (secondary N) is 1. The second kappa shape index (κ2) is 7.70. The minimum absolute atomic E-state index is 0.167. The summed E-state index contributed by atoms with van der Waals surface area (Å²) in [7, 11) is 0. The Morgan fingerprint density at radius 2 is 1.24 bits per heavy atom. The Bertz CT molecular complexity index is 1020. The third-order valence-electron chi connectivity index (χ3n) is 3.96. The van der Waals surface area contributed by atoms with E-state index in [1.807, 2.05) is 5.32 Å². The predicted molar refractivity (Wildman–Crippen MR) is 86.2 cm³/mol. The van der Waals surface area contributed by atoms with E-state index < -0.39 is 69.0 Å². The van der Waals surface area contributed by atoms with Gasteiger partial charge in [0.05, 0.1) is 17.5 Å². The summed E-state index contributed by atoms with van der Waals surface area (Å²) in [6.45, 7) is -0.461. The van der Waals surface area contributed by atoms with Crippen LogP contribution in [-0.2, 0) is 0 Å². The van der Waals surface area contributed by atoms with Gasteiger partial charge < -0.3 is 15.6 Å². The van der Waals surface area contributed by atoms with Crippen LogP contribution in [0.15, 0.2) is 18.7 Å². The van der Waals surface area contributed by atoms with Gasteiger partial charge in [-0.3, -0.25) is 0 Å². The normalized spacial score (nSPS) is 11.2. The van der Waals surface area contributed by atoms with Crippen molar-refractivity contribution in [3.8, 4) is 16.8 Å². The van der Waals surface area contributed by atoms with E-state index in [4.69, 9.17) is 5.73 Å². The Labute approximate surface area is 157 Å². The molecule has 0 aliphatic carbocycles. The van der Waals surface area contributed by atoms with Crippen molar-refractivity contribution in [2.45, 2.75) is 0 Å². The highest BCUT2D eigenvalue weighted by Gasteiger charge is 2.34. The van der Waals surface area contributed by atoms with Crippen molar-refractivity contribution in [2.75, 3.05) is 18.4 Å². The summed E-state index contributed by atoms with van der Waals surface area (Å²) in [6.07, 6.45) is 2.79. The van der Waals surface area contributed by atoms with Crippen molar-refractivity contribution >= 4 is 5.69 Å². The topological polar surface area (TPSA) is 55.9 Å². The summed E-state index contributed by atoms with van der Waals surface area (Å²) in [4.78, 5) is 3.46. The van der Waals surface area contributed by atoms with Crippen LogP contribution in [0.3, 0.4) is 0 Å². The van der Waals surface area contributed by atoms with Crippen LogP contribution < -0.4 is 11.1 Å². The SMILES string of the molecule is NCCNc1c(F)c(F)c(-c2c(F)c(F)c(-n3ccnc3)c(F)c2F)c(F)c1F. The molecule has 2 aromatic carbocycles. The molecule has 0 radical (unpaired) electrons. The first kappa shape index (κ1) is 20.6. The van der Waals surface area contributed by atoms with Crippen LogP contribution in [0.4, 0.5) is 40.8 Å². The lowest BCUT2D eigenvalue weighted by atomic mass is 10.00. The molecule has 12 heteroatoms. The van der Waals surface area contributed by atoms with Crippen LogP contribution in [0.1, 0.15) is 0 Å². The number of imidazole rings is 1. The highest BCUT2D eigenvalue weighted by atomic mass is 19.2. The van der Waals surface area contributed by atoms with Crippen molar-refractivity contribution in [3.63, 3.8) is 0 Å². The Hall–Kier alpha value is -3.15. The maximum Gasteiger partial charge on any atom is 0.186 e. The molecular formula is C17H10F8N4. The molecule has 0 spiro atoms. The number of nitrogens with two attached hydrogens (primary N) is 1. The fourth-order valence-electron chi connectivity index (χ4n) is 2.66. The maximum atomic E-state index is 14.5. The van der Waals surface area contributed by atoms with Gasteiger partial charge in [0.1, 0.15) is 11.4 Å².